The highest BCUT2D eigenvalue weighted by molar-refractivity contribution is 6.32. The van der Waals surface area contributed by atoms with Gasteiger partial charge in [-0.25, -0.2) is 0 Å². The third kappa shape index (κ3) is 3.28. The molecule has 1 aromatic carbocycles. The lowest BCUT2D eigenvalue weighted by molar-refractivity contribution is -0.0543. The minimum atomic E-state index is -0.690. The zero-order valence-electron chi connectivity index (χ0n) is 10.4. The number of nitrogens with one attached hydrogen (secondary N) is 1. The van der Waals surface area contributed by atoms with E-state index in [0.717, 1.165) is 5.69 Å². The van der Waals surface area contributed by atoms with Gasteiger partial charge in [-0.05, 0) is 18.2 Å². The highest BCUT2D eigenvalue weighted by atomic mass is 35.5. The van der Waals surface area contributed by atoms with Gasteiger partial charge < -0.3 is 19.9 Å². The third-order valence-corrected chi connectivity index (χ3v) is 3.49. The molecule has 0 amide bonds. The van der Waals surface area contributed by atoms with Crippen LogP contribution in [0.1, 0.15) is 12.8 Å². The molecule has 0 spiro atoms. The Hall–Kier alpha value is -0.970. The third-order valence-electron chi connectivity index (χ3n) is 3.20. The number of methoxy groups -OCH3 is 1. The van der Waals surface area contributed by atoms with Crippen molar-refractivity contribution >= 4 is 17.3 Å². The summed E-state index contributed by atoms with van der Waals surface area (Å²) in [6.07, 6.45) is 1.31. The zero-order chi connectivity index (χ0) is 13.0. The molecule has 0 atom stereocenters. The van der Waals surface area contributed by atoms with Gasteiger partial charge in [0, 0.05) is 38.3 Å². The number of hydrogen-bond acceptors (Lipinski definition) is 4. The molecule has 1 aromatic rings. The van der Waals surface area contributed by atoms with E-state index in [1.165, 1.54) is 0 Å². The summed E-state index contributed by atoms with van der Waals surface area (Å²) in [6.45, 7) is 1.72. The van der Waals surface area contributed by atoms with Crippen molar-refractivity contribution in [2.75, 3.05) is 32.2 Å². The van der Waals surface area contributed by atoms with Crippen molar-refractivity contribution in [3.8, 4) is 5.75 Å². The van der Waals surface area contributed by atoms with Gasteiger partial charge in [0.15, 0.2) is 0 Å². The minimum absolute atomic E-state index is 0.499. The fourth-order valence-electron chi connectivity index (χ4n) is 1.97. The van der Waals surface area contributed by atoms with Crippen molar-refractivity contribution < 1.29 is 14.6 Å². The van der Waals surface area contributed by atoms with Gasteiger partial charge in [0.1, 0.15) is 5.75 Å². The highest BCUT2D eigenvalue weighted by Crippen LogP contribution is 2.28. The number of halogens is 1. The molecule has 4 nitrogen and oxygen atoms in total. The Balaban J connectivity index is 1.95. The van der Waals surface area contributed by atoms with Gasteiger partial charge in [-0.2, -0.15) is 0 Å². The molecule has 0 aromatic heterocycles. The van der Waals surface area contributed by atoms with Crippen molar-refractivity contribution in [3.63, 3.8) is 0 Å². The van der Waals surface area contributed by atoms with Gasteiger partial charge in [0.25, 0.3) is 0 Å². The van der Waals surface area contributed by atoms with E-state index < -0.39 is 5.60 Å². The summed E-state index contributed by atoms with van der Waals surface area (Å²) in [6, 6.07) is 5.48. The SMILES string of the molecule is COc1ccc(NCC2(O)CCOCC2)cc1Cl. The molecule has 1 saturated heterocycles. The average Bonchev–Trinajstić information content (AvgIpc) is 2.38. The molecular weight excluding hydrogens is 254 g/mol. The number of hydrogen-bond donors (Lipinski definition) is 2. The van der Waals surface area contributed by atoms with Crippen LogP contribution < -0.4 is 10.1 Å². The summed E-state index contributed by atoms with van der Waals surface area (Å²) in [5, 5.41) is 14.1. The van der Waals surface area contributed by atoms with E-state index >= 15 is 0 Å². The van der Waals surface area contributed by atoms with Gasteiger partial charge in [-0.15, -0.1) is 0 Å². The Morgan fingerprint density at radius 3 is 2.78 bits per heavy atom. The summed E-state index contributed by atoms with van der Waals surface area (Å²) in [5.41, 5.74) is 0.186. The van der Waals surface area contributed by atoms with E-state index in [2.05, 4.69) is 5.32 Å². The van der Waals surface area contributed by atoms with Gasteiger partial charge in [-0.3, -0.25) is 0 Å². The number of aliphatic hydroxyl groups is 1. The van der Waals surface area contributed by atoms with Crippen LogP contribution in [0.25, 0.3) is 0 Å². The molecule has 0 bridgehead atoms. The molecule has 18 heavy (non-hydrogen) atoms. The summed E-state index contributed by atoms with van der Waals surface area (Å²) >= 11 is 6.04. The predicted molar refractivity (Wildman–Crippen MR) is 71.5 cm³/mol. The summed E-state index contributed by atoms with van der Waals surface area (Å²) in [5.74, 6) is 0.645. The van der Waals surface area contributed by atoms with Crippen LogP contribution >= 0.6 is 11.6 Å². The van der Waals surface area contributed by atoms with Gasteiger partial charge in [0.05, 0.1) is 17.7 Å². The smallest absolute Gasteiger partial charge is 0.137 e. The first-order chi connectivity index (χ1) is 8.63. The van der Waals surface area contributed by atoms with Crippen molar-refractivity contribution in [2.45, 2.75) is 18.4 Å². The second-order valence-corrected chi connectivity index (χ2v) is 4.95. The topological polar surface area (TPSA) is 50.7 Å². The second kappa shape index (κ2) is 5.78. The molecule has 0 radical (unpaired) electrons. The van der Waals surface area contributed by atoms with Crippen molar-refractivity contribution in [1.82, 2.24) is 0 Å². The Morgan fingerprint density at radius 1 is 1.44 bits per heavy atom. The summed E-state index contributed by atoms with van der Waals surface area (Å²) < 4.78 is 10.3. The van der Waals surface area contributed by atoms with Crippen LogP contribution in [0.4, 0.5) is 5.69 Å². The average molecular weight is 272 g/mol. The van der Waals surface area contributed by atoms with E-state index in [9.17, 15) is 5.11 Å². The van der Waals surface area contributed by atoms with Gasteiger partial charge >= 0.3 is 0 Å². The molecule has 1 aliphatic heterocycles. The first-order valence-electron chi connectivity index (χ1n) is 6.00. The number of benzene rings is 1. The Bertz CT molecular complexity index is 405. The van der Waals surface area contributed by atoms with E-state index in [0.29, 0.717) is 43.4 Å². The number of ether oxygens (including phenoxy) is 2. The maximum Gasteiger partial charge on any atom is 0.137 e. The maximum atomic E-state index is 10.3. The first kappa shape index (κ1) is 13.5. The van der Waals surface area contributed by atoms with Crippen LogP contribution in [0.2, 0.25) is 5.02 Å². The van der Waals surface area contributed by atoms with E-state index in [4.69, 9.17) is 21.1 Å². The van der Waals surface area contributed by atoms with Gasteiger partial charge in [0.2, 0.25) is 0 Å². The van der Waals surface area contributed by atoms with Crippen LogP contribution in [0.15, 0.2) is 18.2 Å². The summed E-state index contributed by atoms with van der Waals surface area (Å²) in [7, 11) is 1.58. The maximum absolute atomic E-state index is 10.3. The standard InChI is InChI=1S/C13H18ClNO3/c1-17-12-3-2-10(8-11(12)14)15-9-13(16)4-6-18-7-5-13/h2-3,8,15-16H,4-7,9H2,1H3. The van der Waals surface area contributed by atoms with Gasteiger partial charge in [-0.1, -0.05) is 11.6 Å². The fourth-order valence-corrected chi connectivity index (χ4v) is 2.23. The monoisotopic (exact) mass is 271 g/mol. The largest absolute Gasteiger partial charge is 0.495 e. The Kier molecular flexibility index (Phi) is 4.32. The van der Waals surface area contributed by atoms with Crippen molar-refractivity contribution in [1.29, 1.82) is 0 Å². The molecular formula is C13H18ClNO3. The molecule has 1 heterocycles. The molecule has 100 valence electrons. The second-order valence-electron chi connectivity index (χ2n) is 4.54. The molecule has 0 saturated carbocycles. The molecule has 0 unspecified atom stereocenters. The van der Waals surface area contributed by atoms with Crippen LogP contribution in [-0.4, -0.2) is 37.6 Å². The number of rotatable bonds is 4. The lowest BCUT2D eigenvalue weighted by Crippen LogP contribution is -2.42. The first-order valence-corrected chi connectivity index (χ1v) is 6.38. The molecule has 1 aliphatic rings. The number of anilines is 1. The predicted octanol–water partition coefficient (Wildman–Crippen LogP) is 2.30. The lowest BCUT2D eigenvalue weighted by atomic mass is 9.94. The fraction of sp³-hybridized carbons (Fsp3) is 0.538. The molecule has 0 aliphatic carbocycles. The minimum Gasteiger partial charge on any atom is -0.495 e. The summed E-state index contributed by atoms with van der Waals surface area (Å²) in [4.78, 5) is 0. The molecule has 5 heteroatoms. The molecule has 2 rings (SSSR count). The molecule has 2 N–H and O–H groups in total. The van der Waals surface area contributed by atoms with Crippen molar-refractivity contribution in [3.05, 3.63) is 23.2 Å². The van der Waals surface area contributed by atoms with Crippen LogP contribution in [0, 0.1) is 0 Å². The van der Waals surface area contributed by atoms with E-state index in [-0.39, 0.29) is 0 Å². The molecule has 1 fully saturated rings. The van der Waals surface area contributed by atoms with Crippen LogP contribution in [-0.2, 0) is 4.74 Å². The Morgan fingerprint density at radius 2 is 2.17 bits per heavy atom. The van der Waals surface area contributed by atoms with Crippen molar-refractivity contribution in [2.24, 2.45) is 0 Å². The van der Waals surface area contributed by atoms with Crippen LogP contribution in [0.3, 0.4) is 0 Å². The van der Waals surface area contributed by atoms with E-state index in [1.54, 1.807) is 19.2 Å². The Labute approximate surface area is 112 Å². The normalized spacial score (nSPS) is 18.4. The van der Waals surface area contributed by atoms with Crippen LogP contribution in [0.5, 0.6) is 5.75 Å². The quantitative estimate of drug-likeness (QED) is 0.882. The van der Waals surface area contributed by atoms with E-state index in [1.807, 2.05) is 6.07 Å². The lowest BCUT2D eigenvalue weighted by Gasteiger charge is -2.32. The zero-order valence-corrected chi connectivity index (χ0v) is 11.2. The highest BCUT2D eigenvalue weighted by Gasteiger charge is 2.29.